The second-order valence-electron chi connectivity index (χ2n) is 5.51. The van der Waals surface area contributed by atoms with E-state index >= 15 is 0 Å². The fourth-order valence-corrected chi connectivity index (χ4v) is 2.58. The van der Waals surface area contributed by atoms with Gasteiger partial charge in [0.1, 0.15) is 6.61 Å². The van der Waals surface area contributed by atoms with Crippen LogP contribution in [0.4, 0.5) is 10.1 Å². The molecule has 0 spiro atoms. The first kappa shape index (κ1) is 19.8. The summed E-state index contributed by atoms with van der Waals surface area (Å²) in [6.07, 6.45) is 0. The molecule has 26 heavy (non-hydrogen) atoms. The lowest BCUT2D eigenvalue weighted by Crippen LogP contribution is -2.40. The number of nitrogens with two attached hydrogens (primary N) is 1. The van der Waals surface area contributed by atoms with Crippen LogP contribution in [0.5, 0.6) is 5.75 Å². The average Bonchev–Trinajstić information content (AvgIpc) is 2.59. The first-order valence-corrected chi connectivity index (χ1v) is 9.36. The molecule has 7 nitrogen and oxygen atoms in total. The van der Waals surface area contributed by atoms with Crippen molar-refractivity contribution in [3.05, 3.63) is 54.3 Å². The van der Waals surface area contributed by atoms with Crippen molar-refractivity contribution in [1.82, 2.24) is 5.32 Å². The summed E-state index contributed by atoms with van der Waals surface area (Å²) in [5.74, 6) is -0.596. The molecule has 0 aliphatic carbocycles. The van der Waals surface area contributed by atoms with Gasteiger partial charge in [-0.05, 0) is 43.3 Å². The lowest BCUT2D eigenvalue weighted by molar-refractivity contribution is -0.117. The molecular formula is C17H20FN3O4S. The summed E-state index contributed by atoms with van der Waals surface area (Å²) >= 11 is 0. The van der Waals surface area contributed by atoms with E-state index in [0.29, 0.717) is 12.2 Å². The summed E-state index contributed by atoms with van der Waals surface area (Å²) in [6.45, 7) is 2.20. The Kier molecular flexibility index (Phi) is 6.67. The van der Waals surface area contributed by atoms with E-state index in [1.165, 1.54) is 36.4 Å². The van der Waals surface area contributed by atoms with Crippen LogP contribution in [0, 0.1) is 5.82 Å². The quantitative estimate of drug-likeness (QED) is 0.600. The minimum atomic E-state index is -3.77. The van der Waals surface area contributed by atoms with E-state index in [-0.39, 0.29) is 23.2 Å². The van der Waals surface area contributed by atoms with Gasteiger partial charge in [-0.15, -0.1) is 0 Å². The van der Waals surface area contributed by atoms with Crippen molar-refractivity contribution in [3.63, 3.8) is 0 Å². The van der Waals surface area contributed by atoms with E-state index in [9.17, 15) is 17.6 Å². The number of nitrogens with one attached hydrogen (secondary N) is 2. The Morgan fingerprint density at radius 3 is 2.46 bits per heavy atom. The summed E-state index contributed by atoms with van der Waals surface area (Å²) in [4.78, 5) is 12.1. The Hall–Kier alpha value is -2.49. The molecule has 0 saturated heterocycles. The van der Waals surface area contributed by atoms with Crippen LogP contribution in [0.3, 0.4) is 0 Å². The van der Waals surface area contributed by atoms with Crippen molar-refractivity contribution < 1.29 is 22.3 Å². The number of sulfonamides is 1. The zero-order valence-corrected chi connectivity index (χ0v) is 14.9. The fraction of sp³-hybridized carbons (Fsp3) is 0.235. The molecule has 0 bridgehead atoms. The molecule has 9 heteroatoms. The Labute approximate surface area is 151 Å². The molecule has 2 aromatic carbocycles. The first-order valence-electron chi connectivity index (χ1n) is 7.82. The topological polar surface area (TPSA) is 111 Å². The van der Waals surface area contributed by atoms with E-state index in [1.54, 1.807) is 19.1 Å². The van der Waals surface area contributed by atoms with Crippen molar-refractivity contribution in [3.8, 4) is 5.75 Å². The smallest absolute Gasteiger partial charge is 0.241 e. The van der Waals surface area contributed by atoms with Gasteiger partial charge in [0.25, 0.3) is 0 Å². The zero-order valence-electron chi connectivity index (χ0n) is 14.1. The molecular weight excluding hydrogens is 361 g/mol. The predicted molar refractivity (Wildman–Crippen MR) is 95.8 cm³/mol. The highest BCUT2D eigenvalue weighted by Gasteiger charge is 2.13. The number of primary sulfonamides is 1. The van der Waals surface area contributed by atoms with Crippen LogP contribution in [0.15, 0.2) is 53.4 Å². The maximum atomic E-state index is 13.4. The summed E-state index contributed by atoms with van der Waals surface area (Å²) in [7, 11) is -3.77. The number of rotatable bonds is 8. The van der Waals surface area contributed by atoms with E-state index < -0.39 is 21.9 Å². The highest BCUT2D eigenvalue weighted by molar-refractivity contribution is 7.89. The van der Waals surface area contributed by atoms with Crippen molar-refractivity contribution >= 4 is 21.6 Å². The lowest BCUT2D eigenvalue weighted by Gasteiger charge is -2.15. The summed E-state index contributed by atoms with van der Waals surface area (Å²) in [5, 5.41) is 10.6. The van der Waals surface area contributed by atoms with Crippen LogP contribution in [-0.4, -0.2) is 33.5 Å². The minimum Gasteiger partial charge on any atom is -0.489 e. The second kappa shape index (κ2) is 8.75. The zero-order chi connectivity index (χ0) is 19.2. The molecule has 0 aliphatic rings. The van der Waals surface area contributed by atoms with Gasteiger partial charge < -0.3 is 15.4 Å². The maximum absolute atomic E-state index is 13.4. The van der Waals surface area contributed by atoms with Crippen molar-refractivity contribution in [1.29, 1.82) is 0 Å². The first-order chi connectivity index (χ1) is 12.3. The normalized spacial score (nSPS) is 12.4. The van der Waals surface area contributed by atoms with Crippen LogP contribution in [0.25, 0.3) is 0 Å². The monoisotopic (exact) mass is 381 g/mol. The molecule has 2 aromatic rings. The molecule has 0 fully saturated rings. The minimum absolute atomic E-state index is 0.0352. The molecule has 1 amide bonds. The van der Waals surface area contributed by atoms with Gasteiger partial charge in [0, 0.05) is 12.2 Å². The Morgan fingerprint density at radius 2 is 1.85 bits per heavy atom. The standard InChI is InChI=1S/C17H20FN3O4S/c1-12(20-10-11-25-16-5-3-2-4-15(16)18)17(22)21-13-6-8-14(9-7-13)26(19,23)24/h2-9,12,20H,10-11H2,1H3,(H,21,22)(H2,19,23,24)/t12-/m0/s1. The molecule has 0 aromatic heterocycles. The Morgan fingerprint density at radius 1 is 1.19 bits per heavy atom. The molecule has 1 atom stereocenters. The number of amides is 1. The summed E-state index contributed by atoms with van der Waals surface area (Å²) < 4.78 is 41.1. The Bertz CT molecular complexity index is 857. The van der Waals surface area contributed by atoms with Gasteiger partial charge in [0.2, 0.25) is 15.9 Å². The van der Waals surface area contributed by atoms with Crippen LogP contribution < -0.4 is 20.5 Å². The SMILES string of the molecule is C[C@H](NCCOc1ccccc1F)C(=O)Nc1ccc(S(N)(=O)=O)cc1. The van der Waals surface area contributed by atoms with E-state index in [2.05, 4.69) is 10.6 Å². The van der Waals surface area contributed by atoms with E-state index in [1.807, 2.05) is 0 Å². The third kappa shape index (κ3) is 5.80. The van der Waals surface area contributed by atoms with Gasteiger partial charge in [0.05, 0.1) is 10.9 Å². The van der Waals surface area contributed by atoms with Gasteiger partial charge in [-0.1, -0.05) is 12.1 Å². The van der Waals surface area contributed by atoms with Crippen LogP contribution in [0.2, 0.25) is 0 Å². The number of para-hydroxylation sites is 1. The molecule has 4 N–H and O–H groups in total. The third-order valence-electron chi connectivity index (χ3n) is 3.49. The summed E-state index contributed by atoms with van der Waals surface area (Å²) in [5.41, 5.74) is 0.443. The number of hydrogen-bond acceptors (Lipinski definition) is 5. The van der Waals surface area contributed by atoms with Gasteiger partial charge >= 0.3 is 0 Å². The highest BCUT2D eigenvalue weighted by atomic mass is 32.2. The van der Waals surface area contributed by atoms with Crippen molar-refractivity contribution in [2.75, 3.05) is 18.5 Å². The van der Waals surface area contributed by atoms with E-state index in [0.717, 1.165) is 0 Å². The van der Waals surface area contributed by atoms with Crippen LogP contribution >= 0.6 is 0 Å². The molecule has 2 rings (SSSR count). The van der Waals surface area contributed by atoms with Crippen molar-refractivity contribution in [2.24, 2.45) is 5.14 Å². The van der Waals surface area contributed by atoms with Crippen LogP contribution in [-0.2, 0) is 14.8 Å². The second-order valence-corrected chi connectivity index (χ2v) is 7.07. The van der Waals surface area contributed by atoms with Gasteiger partial charge in [-0.3, -0.25) is 4.79 Å². The molecule has 0 radical (unpaired) electrons. The largest absolute Gasteiger partial charge is 0.489 e. The van der Waals surface area contributed by atoms with Crippen LogP contribution in [0.1, 0.15) is 6.92 Å². The van der Waals surface area contributed by atoms with Gasteiger partial charge in [-0.25, -0.2) is 17.9 Å². The number of carbonyl (C=O) groups is 1. The number of benzene rings is 2. The number of halogens is 1. The predicted octanol–water partition coefficient (Wildman–Crippen LogP) is 1.47. The summed E-state index contributed by atoms with van der Waals surface area (Å²) in [6, 6.07) is 11.1. The van der Waals surface area contributed by atoms with Gasteiger partial charge in [0.15, 0.2) is 11.6 Å². The fourth-order valence-electron chi connectivity index (χ4n) is 2.07. The number of ether oxygens (including phenoxy) is 1. The lowest BCUT2D eigenvalue weighted by atomic mass is 10.2. The molecule has 0 aliphatic heterocycles. The van der Waals surface area contributed by atoms with Crippen molar-refractivity contribution in [2.45, 2.75) is 17.9 Å². The Balaban J connectivity index is 1.78. The third-order valence-corrected chi connectivity index (χ3v) is 4.42. The van der Waals surface area contributed by atoms with Gasteiger partial charge in [-0.2, -0.15) is 0 Å². The average molecular weight is 381 g/mol. The number of carbonyl (C=O) groups excluding carboxylic acids is 1. The molecule has 140 valence electrons. The molecule has 0 saturated carbocycles. The molecule has 0 unspecified atom stereocenters. The highest BCUT2D eigenvalue weighted by Crippen LogP contribution is 2.15. The number of hydrogen-bond donors (Lipinski definition) is 3. The maximum Gasteiger partial charge on any atom is 0.241 e. The molecule has 0 heterocycles. The number of anilines is 1. The van der Waals surface area contributed by atoms with E-state index in [4.69, 9.17) is 9.88 Å².